The van der Waals surface area contributed by atoms with E-state index in [2.05, 4.69) is 15.3 Å². The van der Waals surface area contributed by atoms with Crippen LogP contribution < -0.4 is 0 Å². The average molecular weight is 148 g/mol. The highest BCUT2D eigenvalue weighted by Crippen LogP contribution is 2.05. The topological polar surface area (TPSA) is 43.6 Å². The van der Waals surface area contributed by atoms with Gasteiger partial charge in [-0.3, -0.25) is 0 Å². The van der Waals surface area contributed by atoms with E-state index in [4.69, 9.17) is 0 Å². The van der Waals surface area contributed by atoms with Crippen LogP contribution in [0.2, 0.25) is 0 Å². The molecule has 0 unspecified atom stereocenters. The van der Waals surface area contributed by atoms with Gasteiger partial charge >= 0.3 is 0 Å². The second-order valence-electron chi connectivity index (χ2n) is 2.25. The highest BCUT2D eigenvalue weighted by atomic mass is 15.4. The third kappa shape index (κ3) is 0.869. The summed E-state index contributed by atoms with van der Waals surface area (Å²) in [5.41, 5.74) is 1.71. The number of rotatable bonds is 1. The Kier molecular flexibility index (Phi) is 1.31. The van der Waals surface area contributed by atoms with Gasteiger partial charge in [0.15, 0.2) is 0 Å². The molecule has 2 aromatic heterocycles. The Bertz CT molecular complexity index is 365. The van der Waals surface area contributed by atoms with Gasteiger partial charge in [-0.05, 0) is 19.1 Å². The molecule has 0 aliphatic rings. The molecule has 2 heterocycles. The maximum absolute atomic E-state index is 4.06. The van der Waals surface area contributed by atoms with E-state index in [9.17, 15) is 0 Å². The fourth-order valence-electron chi connectivity index (χ4n) is 1.05. The predicted molar refractivity (Wildman–Crippen MR) is 41.0 cm³/mol. The molecule has 0 aromatic carbocycles. The van der Waals surface area contributed by atoms with E-state index in [-0.39, 0.29) is 0 Å². The molecule has 0 N–H and O–H groups in total. The van der Waals surface area contributed by atoms with E-state index in [0.29, 0.717) is 5.65 Å². The van der Waals surface area contributed by atoms with E-state index in [1.165, 1.54) is 0 Å². The number of pyridine rings is 1. The minimum atomic E-state index is 0.717. The zero-order chi connectivity index (χ0) is 7.68. The van der Waals surface area contributed by atoms with Crippen molar-refractivity contribution < 1.29 is 0 Å². The molecule has 0 saturated heterocycles. The van der Waals surface area contributed by atoms with Crippen LogP contribution in [0.5, 0.6) is 0 Å². The average Bonchev–Trinajstić information content (AvgIpc) is 2.47. The number of nitrogens with zero attached hydrogens (tertiary/aromatic N) is 4. The summed E-state index contributed by atoms with van der Waals surface area (Å²) in [5, 5.41) is 7.81. The molecule has 0 atom stereocenters. The van der Waals surface area contributed by atoms with Crippen LogP contribution in [0.4, 0.5) is 0 Å². The van der Waals surface area contributed by atoms with Crippen LogP contribution in [0, 0.1) is 0 Å². The monoisotopic (exact) mass is 148 g/mol. The first kappa shape index (κ1) is 6.27. The summed E-state index contributed by atoms with van der Waals surface area (Å²) in [7, 11) is 0. The summed E-state index contributed by atoms with van der Waals surface area (Å²) in [6.07, 6.45) is 1.72. The van der Waals surface area contributed by atoms with Crippen LogP contribution in [-0.4, -0.2) is 20.0 Å². The number of hydrogen-bond donors (Lipinski definition) is 0. The molecular formula is C7H8N4. The number of fused-ring (bicyclic) bond motifs is 1. The standard InChI is InChI=1S/C7H8N4/c1-2-11-6-4-3-5-8-7(6)9-10-11/h3-5H,2H2,1H3. The van der Waals surface area contributed by atoms with Gasteiger partial charge in [0.25, 0.3) is 0 Å². The Hall–Kier alpha value is -1.45. The van der Waals surface area contributed by atoms with Crippen LogP contribution in [0.1, 0.15) is 6.92 Å². The van der Waals surface area contributed by atoms with E-state index >= 15 is 0 Å². The predicted octanol–water partition coefficient (Wildman–Crippen LogP) is 0.846. The first-order valence-corrected chi connectivity index (χ1v) is 3.56. The lowest BCUT2D eigenvalue weighted by atomic mass is 10.4. The molecule has 2 aromatic rings. The van der Waals surface area contributed by atoms with Gasteiger partial charge in [-0.1, -0.05) is 5.21 Å². The largest absolute Gasteiger partial charge is 0.243 e. The van der Waals surface area contributed by atoms with Crippen molar-refractivity contribution in [2.45, 2.75) is 13.5 Å². The van der Waals surface area contributed by atoms with Crippen molar-refractivity contribution in [3.05, 3.63) is 18.3 Å². The fourth-order valence-corrected chi connectivity index (χ4v) is 1.05. The van der Waals surface area contributed by atoms with Crippen LogP contribution in [-0.2, 0) is 6.54 Å². The van der Waals surface area contributed by atoms with Gasteiger partial charge in [-0.2, -0.15) is 0 Å². The van der Waals surface area contributed by atoms with E-state index in [0.717, 1.165) is 12.1 Å². The number of hydrogen-bond acceptors (Lipinski definition) is 3. The Balaban J connectivity index is 2.76. The summed E-state index contributed by atoms with van der Waals surface area (Å²) in [6, 6.07) is 3.85. The molecule has 0 aliphatic heterocycles. The Morgan fingerprint density at radius 2 is 2.45 bits per heavy atom. The highest BCUT2D eigenvalue weighted by molar-refractivity contribution is 5.68. The van der Waals surface area contributed by atoms with Crippen molar-refractivity contribution in [2.75, 3.05) is 0 Å². The van der Waals surface area contributed by atoms with Gasteiger partial charge in [-0.15, -0.1) is 5.10 Å². The first-order valence-electron chi connectivity index (χ1n) is 3.56. The lowest BCUT2D eigenvalue weighted by molar-refractivity contribution is 0.646. The van der Waals surface area contributed by atoms with Gasteiger partial charge in [0.1, 0.15) is 5.52 Å². The third-order valence-corrected chi connectivity index (χ3v) is 1.59. The quantitative estimate of drug-likeness (QED) is 0.602. The third-order valence-electron chi connectivity index (χ3n) is 1.59. The lowest BCUT2D eigenvalue weighted by Gasteiger charge is -1.92. The van der Waals surface area contributed by atoms with Crippen LogP contribution >= 0.6 is 0 Å². The molecule has 0 aliphatic carbocycles. The van der Waals surface area contributed by atoms with Crippen molar-refractivity contribution in [3.63, 3.8) is 0 Å². The molecular weight excluding hydrogens is 140 g/mol. The van der Waals surface area contributed by atoms with Gasteiger partial charge < -0.3 is 0 Å². The van der Waals surface area contributed by atoms with Crippen LogP contribution in [0.15, 0.2) is 18.3 Å². The highest BCUT2D eigenvalue weighted by Gasteiger charge is 2.00. The van der Waals surface area contributed by atoms with Crippen LogP contribution in [0.25, 0.3) is 11.2 Å². The Morgan fingerprint density at radius 1 is 1.55 bits per heavy atom. The lowest BCUT2D eigenvalue weighted by Crippen LogP contribution is -1.95. The van der Waals surface area contributed by atoms with E-state index < -0.39 is 0 Å². The minimum absolute atomic E-state index is 0.717. The maximum atomic E-state index is 4.06. The molecule has 0 amide bonds. The van der Waals surface area contributed by atoms with Gasteiger partial charge in [-0.25, -0.2) is 9.67 Å². The van der Waals surface area contributed by atoms with Crippen molar-refractivity contribution >= 4 is 11.2 Å². The molecule has 0 saturated carbocycles. The maximum Gasteiger partial charge on any atom is 0.201 e. The van der Waals surface area contributed by atoms with E-state index in [1.54, 1.807) is 6.20 Å². The normalized spacial score (nSPS) is 10.6. The zero-order valence-corrected chi connectivity index (χ0v) is 6.23. The van der Waals surface area contributed by atoms with Crippen molar-refractivity contribution in [2.24, 2.45) is 0 Å². The zero-order valence-electron chi connectivity index (χ0n) is 6.23. The molecule has 2 rings (SSSR count). The van der Waals surface area contributed by atoms with Gasteiger partial charge in [0, 0.05) is 12.7 Å². The molecule has 0 spiro atoms. The summed E-state index contributed by atoms with van der Waals surface area (Å²) >= 11 is 0. The summed E-state index contributed by atoms with van der Waals surface area (Å²) in [6.45, 7) is 2.86. The smallest absolute Gasteiger partial charge is 0.201 e. The second-order valence-corrected chi connectivity index (χ2v) is 2.25. The SMILES string of the molecule is CCn1nnc2ncccc21. The number of aromatic nitrogens is 4. The Morgan fingerprint density at radius 3 is 3.27 bits per heavy atom. The molecule has 0 radical (unpaired) electrons. The number of aryl methyl sites for hydroxylation is 1. The second kappa shape index (κ2) is 2.30. The van der Waals surface area contributed by atoms with Crippen molar-refractivity contribution in [3.8, 4) is 0 Å². The van der Waals surface area contributed by atoms with Gasteiger partial charge in [0.05, 0.1) is 0 Å². The summed E-state index contributed by atoms with van der Waals surface area (Å²) in [5.74, 6) is 0. The van der Waals surface area contributed by atoms with Crippen molar-refractivity contribution in [1.82, 2.24) is 20.0 Å². The van der Waals surface area contributed by atoms with Gasteiger partial charge in [0.2, 0.25) is 5.65 Å². The van der Waals surface area contributed by atoms with Crippen molar-refractivity contribution in [1.29, 1.82) is 0 Å². The summed E-state index contributed by atoms with van der Waals surface area (Å²) < 4.78 is 1.82. The summed E-state index contributed by atoms with van der Waals surface area (Å²) in [4.78, 5) is 4.06. The molecule has 4 heteroatoms. The molecule has 0 fully saturated rings. The molecule has 56 valence electrons. The van der Waals surface area contributed by atoms with Crippen LogP contribution in [0.3, 0.4) is 0 Å². The fraction of sp³-hybridized carbons (Fsp3) is 0.286. The molecule has 4 nitrogen and oxygen atoms in total. The van der Waals surface area contributed by atoms with E-state index in [1.807, 2.05) is 23.7 Å². The minimum Gasteiger partial charge on any atom is -0.243 e. The first-order chi connectivity index (χ1) is 5.42. The molecule has 0 bridgehead atoms. The molecule has 11 heavy (non-hydrogen) atoms. The Labute approximate surface area is 63.9 Å².